The molecule has 0 saturated carbocycles. The number of para-hydroxylation sites is 1. The third-order valence-corrected chi connectivity index (χ3v) is 4.97. The third-order valence-electron chi connectivity index (χ3n) is 4.04. The predicted octanol–water partition coefficient (Wildman–Crippen LogP) is 1.23. The molecule has 7 nitrogen and oxygen atoms in total. The van der Waals surface area contributed by atoms with Gasteiger partial charge in [0.25, 0.3) is 0 Å². The van der Waals surface area contributed by atoms with E-state index in [-0.39, 0.29) is 10.9 Å². The average Bonchev–Trinajstić information content (AvgIpc) is 2.94. The molecule has 0 aliphatic rings. The van der Waals surface area contributed by atoms with Gasteiger partial charge in [-0.05, 0) is 35.7 Å². The van der Waals surface area contributed by atoms with Crippen molar-refractivity contribution >= 4 is 27.3 Å². The molecule has 1 amide bonds. The summed E-state index contributed by atoms with van der Waals surface area (Å²) in [6.07, 6.45) is 2.91. The molecular weight excluding hydrogens is 340 g/mol. The van der Waals surface area contributed by atoms with Crippen LogP contribution in [0.15, 0.2) is 59.6 Å². The van der Waals surface area contributed by atoms with Crippen molar-refractivity contribution in [3.8, 4) is 0 Å². The number of carbonyl (C=O) groups excluding carboxylic acids is 1. The number of nitrogens with one attached hydrogen (secondary N) is 1. The monoisotopic (exact) mass is 358 g/mol. The molecule has 1 aromatic heterocycles. The molecule has 2 aromatic carbocycles. The summed E-state index contributed by atoms with van der Waals surface area (Å²) in [5, 5.41) is 6.05. The SMILES string of the molecule is NC(Cc1ccc(S(N)(=O)=O)cc1)c1cn(NC=O)c2ccccc12. The Kier molecular flexibility index (Phi) is 4.58. The summed E-state index contributed by atoms with van der Waals surface area (Å²) in [7, 11) is -3.71. The fourth-order valence-corrected chi connectivity index (χ4v) is 3.36. The molecule has 1 heterocycles. The Labute approximate surface area is 145 Å². The number of aromatic nitrogens is 1. The molecule has 0 fully saturated rings. The van der Waals surface area contributed by atoms with Crippen LogP contribution in [0.1, 0.15) is 17.2 Å². The van der Waals surface area contributed by atoms with E-state index in [1.54, 1.807) is 23.0 Å². The van der Waals surface area contributed by atoms with Crippen molar-refractivity contribution in [1.82, 2.24) is 4.68 Å². The minimum Gasteiger partial charge on any atom is -0.324 e. The lowest BCUT2D eigenvalue weighted by molar-refractivity contribution is -0.106. The molecular formula is C17H18N4O3S. The molecule has 3 rings (SSSR count). The summed E-state index contributed by atoms with van der Waals surface area (Å²) >= 11 is 0. The average molecular weight is 358 g/mol. The number of amides is 1. The minimum absolute atomic E-state index is 0.0663. The number of rotatable bonds is 6. The highest BCUT2D eigenvalue weighted by atomic mass is 32.2. The minimum atomic E-state index is -3.71. The van der Waals surface area contributed by atoms with E-state index in [0.29, 0.717) is 12.8 Å². The number of primary sulfonamides is 1. The van der Waals surface area contributed by atoms with Crippen molar-refractivity contribution in [3.63, 3.8) is 0 Å². The maximum absolute atomic E-state index is 11.3. The van der Waals surface area contributed by atoms with Crippen molar-refractivity contribution in [2.75, 3.05) is 5.43 Å². The van der Waals surface area contributed by atoms with E-state index in [4.69, 9.17) is 10.9 Å². The third kappa shape index (κ3) is 3.55. The number of nitrogens with two attached hydrogens (primary N) is 2. The van der Waals surface area contributed by atoms with E-state index in [0.717, 1.165) is 22.0 Å². The molecule has 25 heavy (non-hydrogen) atoms. The quantitative estimate of drug-likeness (QED) is 0.574. The van der Waals surface area contributed by atoms with Gasteiger partial charge in [0.1, 0.15) is 0 Å². The fraction of sp³-hybridized carbons (Fsp3) is 0.118. The number of benzene rings is 2. The maximum Gasteiger partial charge on any atom is 0.238 e. The summed E-state index contributed by atoms with van der Waals surface area (Å²) in [5.41, 5.74) is 11.6. The van der Waals surface area contributed by atoms with Crippen molar-refractivity contribution in [3.05, 3.63) is 65.9 Å². The van der Waals surface area contributed by atoms with Crippen LogP contribution in [0.4, 0.5) is 0 Å². The summed E-state index contributed by atoms with van der Waals surface area (Å²) in [6.45, 7) is 0. The first kappa shape index (κ1) is 17.2. The molecule has 1 unspecified atom stereocenters. The Morgan fingerprint density at radius 2 is 1.80 bits per heavy atom. The number of hydrogen-bond acceptors (Lipinski definition) is 4. The molecule has 5 N–H and O–H groups in total. The number of hydrogen-bond donors (Lipinski definition) is 3. The molecule has 0 saturated heterocycles. The highest BCUT2D eigenvalue weighted by Crippen LogP contribution is 2.27. The standard InChI is InChI=1S/C17H18N4O3S/c18-16(9-12-5-7-13(8-6-12)25(19,23)24)15-10-21(20-11-22)17-4-2-1-3-14(15)17/h1-8,10-11,16H,9,18H2,(H,20,22)(H2,19,23,24). The van der Waals surface area contributed by atoms with Gasteiger partial charge in [0.2, 0.25) is 16.4 Å². The lowest BCUT2D eigenvalue weighted by Gasteiger charge is -2.11. The van der Waals surface area contributed by atoms with Crippen LogP contribution in [-0.4, -0.2) is 19.5 Å². The van der Waals surface area contributed by atoms with Crippen LogP contribution in [0.5, 0.6) is 0 Å². The largest absolute Gasteiger partial charge is 0.324 e. The second kappa shape index (κ2) is 6.67. The normalized spacial score (nSPS) is 12.9. The van der Waals surface area contributed by atoms with E-state index in [1.807, 2.05) is 24.3 Å². The number of fused-ring (bicyclic) bond motifs is 1. The van der Waals surface area contributed by atoms with Crippen molar-refractivity contribution < 1.29 is 13.2 Å². The van der Waals surface area contributed by atoms with Gasteiger partial charge in [-0.25, -0.2) is 13.6 Å². The van der Waals surface area contributed by atoms with Gasteiger partial charge in [-0.2, -0.15) is 0 Å². The Bertz CT molecular complexity index is 1010. The first-order valence-corrected chi connectivity index (χ1v) is 9.12. The van der Waals surface area contributed by atoms with E-state index >= 15 is 0 Å². The predicted molar refractivity (Wildman–Crippen MR) is 95.8 cm³/mol. The second-order valence-electron chi connectivity index (χ2n) is 5.72. The van der Waals surface area contributed by atoms with Gasteiger partial charge in [-0.1, -0.05) is 30.3 Å². The molecule has 0 spiro atoms. The zero-order chi connectivity index (χ0) is 18.0. The lowest BCUT2D eigenvalue weighted by Crippen LogP contribution is -2.15. The van der Waals surface area contributed by atoms with Crippen LogP contribution in [0, 0.1) is 0 Å². The van der Waals surface area contributed by atoms with Crippen molar-refractivity contribution in [2.45, 2.75) is 17.4 Å². The molecule has 0 bridgehead atoms. The van der Waals surface area contributed by atoms with Gasteiger partial charge < -0.3 is 5.73 Å². The highest BCUT2D eigenvalue weighted by molar-refractivity contribution is 7.89. The van der Waals surface area contributed by atoms with Gasteiger partial charge in [-0.15, -0.1) is 0 Å². The Balaban J connectivity index is 1.90. The molecule has 1 atom stereocenters. The van der Waals surface area contributed by atoms with E-state index in [9.17, 15) is 13.2 Å². The Morgan fingerprint density at radius 1 is 1.12 bits per heavy atom. The van der Waals surface area contributed by atoms with Gasteiger partial charge in [0.05, 0.1) is 10.4 Å². The van der Waals surface area contributed by atoms with Gasteiger partial charge >= 0.3 is 0 Å². The first-order valence-electron chi connectivity index (χ1n) is 7.57. The number of nitrogens with zero attached hydrogens (tertiary/aromatic N) is 1. The topological polar surface area (TPSA) is 120 Å². The van der Waals surface area contributed by atoms with Crippen LogP contribution in [0.3, 0.4) is 0 Å². The first-order chi connectivity index (χ1) is 11.9. The van der Waals surface area contributed by atoms with Crippen LogP contribution >= 0.6 is 0 Å². The fourth-order valence-electron chi connectivity index (χ4n) is 2.84. The Morgan fingerprint density at radius 3 is 2.44 bits per heavy atom. The molecule has 8 heteroatoms. The van der Waals surface area contributed by atoms with Gasteiger partial charge in [0.15, 0.2) is 0 Å². The zero-order valence-corrected chi connectivity index (χ0v) is 14.1. The summed E-state index contributed by atoms with van der Waals surface area (Å²) in [4.78, 5) is 10.8. The van der Waals surface area contributed by atoms with Crippen LogP contribution in [0.2, 0.25) is 0 Å². The van der Waals surface area contributed by atoms with E-state index in [1.165, 1.54) is 12.1 Å². The van der Waals surface area contributed by atoms with Crippen LogP contribution in [-0.2, 0) is 21.2 Å². The smallest absolute Gasteiger partial charge is 0.238 e. The zero-order valence-electron chi connectivity index (χ0n) is 13.3. The summed E-state index contributed by atoms with van der Waals surface area (Å²) in [6, 6.07) is 13.6. The second-order valence-corrected chi connectivity index (χ2v) is 7.28. The van der Waals surface area contributed by atoms with Crippen LogP contribution in [0.25, 0.3) is 10.9 Å². The molecule has 130 valence electrons. The molecule has 3 aromatic rings. The van der Waals surface area contributed by atoms with E-state index in [2.05, 4.69) is 5.43 Å². The van der Waals surface area contributed by atoms with Gasteiger partial charge in [0, 0.05) is 17.6 Å². The lowest BCUT2D eigenvalue weighted by atomic mass is 9.99. The summed E-state index contributed by atoms with van der Waals surface area (Å²) in [5.74, 6) is 0. The molecule has 0 aliphatic carbocycles. The van der Waals surface area contributed by atoms with Crippen molar-refractivity contribution in [2.24, 2.45) is 10.9 Å². The van der Waals surface area contributed by atoms with Crippen LogP contribution < -0.4 is 16.3 Å². The highest BCUT2D eigenvalue weighted by Gasteiger charge is 2.15. The molecule has 0 radical (unpaired) electrons. The van der Waals surface area contributed by atoms with Crippen molar-refractivity contribution in [1.29, 1.82) is 0 Å². The van der Waals surface area contributed by atoms with E-state index < -0.39 is 10.0 Å². The summed E-state index contributed by atoms with van der Waals surface area (Å²) < 4.78 is 24.3. The molecule has 0 aliphatic heterocycles. The number of sulfonamides is 1. The Hall–Kier alpha value is -2.68. The maximum atomic E-state index is 11.3. The number of carbonyl (C=O) groups is 1. The van der Waals surface area contributed by atoms with Gasteiger partial charge in [-0.3, -0.25) is 14.9 Å².